The molecule has 11 heavy (non-hydrogen) atoms. The van der Waals surface area contributed by atoms with Crippen LogP contribution in [0, 0.1) is 0 Å². The number of likely N-dealkylation sites (N-methyl/N-ethyl adjacent to an activating group) is 1. The van der Waals surface area contributed by atoms with Crippen LogP contribution in [0.5, 0.6) is 0 Å². The second-order valence-corrected chi connectivity index (χ2v) is 3.69. The predicted octanol–water partition coefficient (Wildman–Crippen LogP) is -2.05. The molecule has 1 fully saturated rings. The third-order valence-corrected chi connectivity index (χ3v) is 2.29. The first-order valence-electron chi connectivity index (χ1n) is 3.65. The van der Waals surface area contributed by atoms with Crippen molar-refractivity contribution >= 4 is 5.97 Å². The molecule has 4 nitrogen and oxygen atoms in total. The highest BCUT2D eigenvalue weighted by Gasteiger charge is 2.40. The van der Waals surface area contributed by atoms with E-state index in [2.05, 4.69) is 0 Å². The van der Waals surface area contributed by atoms with E-state index < -0.39 is 18.1 Å². The molecule has 64 valence electrons. The first kappa shape index (κ1) is 8.49. The number of aliphatic hydroxyl groups is 1. The summed E-state index contributed by atoms with van der Waals surface area (Å²) >= 11 is 0. The van der Waals surface area contributed by atoms with Gasteiger partial charge in [-0.05, 0) is 0 Å². The molecule has 0 aliphatic carbocycles. The number of quaternary nitrogens is 1. The molecule has 0 radical (unpaired) electrons. The Kier molecular flexibility index (Phi) is 1.90. The number of aliphatic hydroxyl groups excluding tert-OH is 1. The normalized spacial score (nSPS) is 35.5. The largest absolute Gasteiger partial charge is 0.544 e. The fourth-order valence-corrected chi connectivity index (χ4v) is 1.67. The second kappa shape index (κ2) is 2.46. The van der Waals surface area contributed by atoms with Crippen LogP contribution in [0.15, 0.2) is 0 Å². The van der Waals surface area contributed by atoms with E-state index in [9.17, 15) is 15.0 Å². The number of rotatable bonds is 1. The SMILES string of the molecule is C[N+]1(C)C[C@@H](O)C[C@@H]1C(=O)[O-]. The van der Waals surface area contributed by atoms with E-state index in [-0.39, 0.29) is 0 Å². The maximum Gasteiger partial charge on any atom is 0.132 e. The highest BCUT2D eigenvalue weighted by molar-refractivity contribution is 5.70. The van der Waals surface area contributed by atoms with Crippen molar-refractivity contribution in [3.8, 4) is 0 Å². The lowest BCUT2D eigenvalue weighted by molar-refractivity contribution is -0.896. The molecule has 0 aromatic rings. The van der Waals surface area contributed by atoms with Gasteiger partial charge in [0.05, 0.1) is 20.1 Å². The molecule has 1 aliphatic rings. The molecular formula is C7H13NO3. The number of carbonyl (C=O) groups excluding carboxylic acids is 1. The van der Waals surface area contributed by atoms with Gasteiger partial charge in [0.25, 0.3) is 0 Å². The zero-order valence-corrected chi connectivity index (χ0v) is 6.78. The molecule has 0 amide bonds. The Balaban J connectivity index is 2.74. The van der Waals surface area contributed by atoms with Crippen molar-refractivity contribution in [2.24, 2.45) is 0 Å². The summed E-state index contributed by atoms with van der Waals surface area (Å²) in [5, 5.41) is 19.7. The molecule has 0 unspecified atom stereocenters. The van der Waals surface area contributed by atoms with Crippen LogP contribution < -0.4 is 5.11 Å². The molecule has 1 heterocycles. The van der Waals surface area contributed by atoms with E-state index in [1.54, 1.807) is 14.1 Å². The number of likely N-dealkylation sites (tertiary alicyclic amines) is 1. The molecule has 0 spiro atoms. The number of hydrogen-bond acceptors (Lipinski definition) is 3. The van der Waals surface area contributed by atoms with Crippen LogP contribution in [0.3, 0.4) is 0 Å². The number of carboxylic acid groups (broad SMARTS) is 1. The third-order valence-electron chi connectivity index (χ3n) is 2.29. The fourth-order valence-electron chi connectivity index (χ4n) is 1.67. The minimum Gasteiger partial charge on any atom is -0.544 e. The molecule has 0 saturated carbocycles. The van der Waals surface area contributed by atoms with Gasteiger partial charge in [0.2, 0.25) is 0 Å². The topological polar surface area (TPSA) is 60.4 Å². The first-order valence-corrected chi connectivity index (χ1v) is 3.65. The van der Waals surface area contributed by atoms with Gasteiger partial charge in [-0.2, -0.15) is 0 Å². The van der Waals surface area contributed by atoms with E-state index in [1.165, 1.54) is 0 Å². The van der Waals surface area contributed by atoms with Crippen LogP contribution in [-0.4, -0.2) is 48.3 Å². The van der Waals surface area contributed by atoms with Gasteiger partial charge >= 0.3 is 0 Å². The Hall–Kier alpha value is -0.610. The minimum atomic E-state index is -1.06. The lowest BCUT2D eigenvalue weighted by Crippen LogP contribution is -2.53. The number of carboxylic acids is 1. The van der Waals surface area contributed by atoms with Crippen LogP contribution in [0.1, 0.15) is 6.42 Å². The molecular weight excluding hydrogens is 146 g/mol. The summed E-state index contributed by atoms with van der Waals surface area (Å²) in [6.45, 7) is 0.499. The van der Waals surface area contributed by atoms with Gasteiger partial charge in [0, 0.05) is 6.42 Å². The standard InChI is InChI=1S/C7H13NO3/c1-8(2)4-5(9)3-6(8)7(10)11/h5-6,9H,3-4H2,1-2H3/t5-,6+/m0/s1. The molecule has 0 aromatic carbocycles. The molecule has 1 N–H and O–H groups in total. The Morgan fingerprint density at radius 1 is 1.64 bits per heavy atom. The Morgan fingerprint density at radius 3 is 2.36 bits per heavy atom. The summed E-state index contributed by atoms with van der Waals surface area (Å²) in [6, 6.07) is -0.551. The average molecular weight is 159 g/mol. The zero-order valence-electron chi connectivity index (χ0n) is 6.78. The summed E-state index contributed by atoms with van der Waals surface area (Å²) in [5.74, 6) is -1.06. The predicted molar refractivity (Wildman–Crippen MR) is 36.4 cm³/mol. The van der Waals surface area contributed by atoms with Crippen molar-refractivity contribution in [1.82, 2.24) is 0 Å². The second-order valence-electron chi connectivity index (χ2n) is 3.69. The van der Waals surface area contributed by atoms with E-state index >= 15 is 0 Å². The number of hydrogen-bond donors (Lipinski definition) is 1. The minimum absolute atomic E-state index is 0.315. The highest BCUT2D eigenvalue weighted by Crippen LogP contribution is 2.21. The Bertz CT molecular complexity index is 179. The van der Waals surface area contributed by atoms with Crippen LogP contribution in [0.25, 0.3) is 0 Å². The van der Waals surface area contributed by atoms with Gasteiger partial charge < -0.3 is 19.5 Å². The average Bonchev–Trinajstić information content (AvgIpc) is 2.04. The lowest BCUT2D eigenvalue weighted by atomic mass is 10.2. The Morgan fingerprint density at radius 2 is 2.18 bits per heavy atom. The first-order chi connectivity index (χ1) is 4.93. The number of aliphatic carboxylic acids is 1. The highest BCUT2D eigenvalue weighted by atomic mass is 16.4. The molecule has 4 heteroatoms. The summed E-state index contributed by atoms with van der Waals surface area (Å²) < 4.78 is 0.323. The van der Waals surface area contributed by atoms with Crippen LogP contribution in [0.2, 0.25) is 0 Å². The van der Waals surface area contributed by atoms with Crippen molar-refractivity contribution in [2.45, 2.75) is 18.6 Å². The van der Waals surface area contributed by atoms with E-state index in [0.717, 1.165) is 0 Å². The van der Waals surface area contributed by atoms with Crippen molar-refractivity contribution in [3.63, 3.8) is 0 Å². The zero-order chi connectivity index (χ0) is 8.65. The third kappa shape index (κ3) is 1.52. The van der Waals surface area contributed by atoms with Gasteiger partial charge in [-0.15, -0.1) is 0 Å². The van der Waals surface area contributed by atoms with Crippen molar-refractivity contribution in [3.05, 3.63) is 0 Å². The quantitative estimate of drug-likeness (QED) is 0.448. The lowest BCUT2D eigenvalue weighted by Gasteiger charge is -2.31. The van der Waals surface area contributed by atoms with Gasteiger partial charge in [-0.1, -0.05) is 0 Å². The fraction of sp³-hybridized carbons (Fsp3) is 0.857. The van der Waals surface area contributed by atoms with E-state index in [0.29, 0.717) is 17.4 Å². The van der Waals surface area contributed by atoms with E-state index in [4.69, 9.17) is 0 Å². The number of carbonyl (C=O) groups is 1. The van der Waals surface area contributed by atoms with Gasteiger partial charge in [-0.3, -0.25) is 0 Å². The van der Waals surface area contributed by atoms with Crippen molar-refractivity contribution in [1.29, 1.82) is 0 Å². The van der Waals surface area contributed by atoms with E-state index in [1.807, 2.05) is 0 Å². The van der Waals surface area contributed by atoms with Crippen LogP contribution >= 0.6 is 0 Å². The van der Waals surface area contributed by atoms with Crippen LogP contribution in [-0.2, 0) is 4.79 Å². The van der Waals surface area contributed by atoms with Gasteiger partial charge in [0.1, 0.15) is 18.7 Å². The smallest absolute Gasteiger partial charge is 0.132 e. The summed E-state index contributed by atoms with van der Waals surface area (Å²) in [6.07, 6.45) is -0.178. The Labute approximate surface area is 65.6 Å². The molecule has 0 bridgehead atoms. The molecule has 0 aromatic heterocycles. The maximum atomic E-state index is 10.5. The van der Waals surface area contributed by atoms with Gasteiger partial charge in [-0.25, -0.2) is 0 Å². The molecule has 1 aliphatic heterocycles. The summed E-state index contributed by atoms with van der Waals surface area (Å²) in [5.41, 5.74) is 0. The van der Waals surface area contributed by atoms with Crippen molar-refractivity contribution < 1.29 is 19.5 Å². The molecule has 1 rings (SSSR count). The number of nitrogens with zero attached hydrogens (tertiary/aromatic N) is 1. The molecule has 1 saturated heterocycles. The van der Waals surface area contributed by atoms with Crippen molar-refractivity contribution in [2.75, 3.05) is 20.6 Å². The summed E-state index contributed by atoms with van der Waals surface area (Å²) in [4.78, 5) is 10.5. The van der Waals surface area contributed by atoms with Gasteiger partial charge in [0.15, 0.2) is 0 Å². The maximum absolute atomic E-state index is 10.5. The summed E-state index contributed by atoms with van der Waals surface area (Å²) in [7, 11) is 3.58. The monoisotopic (exact) mass is 159 g/mol. The van der Waals surface area contributed by atoms with Crippen LogP contribution in [0.4, 0.5) is 0 Å². The molecule has 2 atom stereocenters.